The first-order valence-corrected chi connectivity index (χ1v) is 13.0. The van der Waals surface area contributed by atoms with Crippen LogP contribution >= 0.6 is 0 Å². The third-order valence-corrected chi connectivity index (χ3v) is 5.71. The van der Waals surface area contributed by atoms with E-state index in [1.165, 1.54) is 11.0 Å². The summed E-state index contributed by atoms with van der Waals surface area (Å²) in [7, 11) is 0. The number of nitrogens with one attached hydrogen (secondary N) is 2. The lowest BCUT2D eigenvalue weighted by Gasteiger charge is -2.32. The van der Waals surface area contributed by atoms with Gasteiger partial charge < -0.3 is 25.4 Å². The molecule has 37 heavy (non-hydrogen) atoms. The van der Waals surface area contributed by atoms with E-state index in [-0.39, 0.29) is 18.8 Å². The number of phenolic OH excluding ortho intramolecular Hbond substituents is 1. The van der Waals surface area contributed by atoms with Gasteiger partial charge in [-0.15, -0.1) is 0 Å². The maximum absolute atomic E-state index is 13.5. The van der Waals surface area contributed by atoms with Gasteiger partial charge in [-0.3, -0.25) is 9.59 Å². The molecular formula is C29H41N3O5. The molecule has 0 fully saturated rings. The molecule has 1 atom stereocenters. The molecule has 2 rings (SSSR count). The number of hydrogen-bond acceptors (Lipinski definition) is 5. The predicted molar refractivity (Wildman–Crippen MR) is 144 cm³/mol. The van der Waals surface area contributed by atoms with Crippen molar-refractivity contribution in [2.75, 3.05) is 13.1 Å². The quantitative estimate of drug-likeness (QED) is 0.325. The second-order valence-electron chi connectivity index (χ2n) is 10.0. The van der Waals surface area contributed by atoms with E-state index in [9.17, 15) is 19.5 Å². The first kappa shape index (κ1) is 29.7. The summed E-state index contributed by atoms with van der Waals surface area (Å²) < 4.78 is 5.25. The minimum atomic E-state index is -1.07. The fourth-order valence-corrected chi connectivity index (χ4v) is 3.90. The Morgan fingerprint density at radius 3 is 2.22 bits per heavy atom. The van der Waals surface area contributed by atoms with Gasteiger partial charge in [-0.1, -0.05) is 81.1 Å². The van der Waals surface area contributed by atoms with Gasteiger partial charge in [0.1, 0.15) is 23.9 Å². The number of carbonyl (C=O) groups is 3. The average Bonchev–Trinajstić information content (AvgIpc) is 2.85. The lowest BCUT2D eigenvalue weighted by molar-refractivity contribution is -0.140. The number of benzene rings is 2. The van der Waals surface area contributed by atoms with Crippen molar-refractivity contribution in [1.29, 1.82) is 0 Å². The number of alkyl carbamates (subject to hydrolysis) is 1. The molecule has 0 aliphatic carbocycles. The van der Waals surface area contributed by atoms with Crippen LogP contribution in [0.25, 0.3) is 0 Å². The van der Waals surface area contributed by atoms with E-state index in [1.807, 2.05) is 30.3 Å². The van der Waals surface area contributed by atoms with Crippen molar-refractivity contribution in [3.8, 4) is 5.75 Å². The molecule has 0 aromatic heterocycles. The molecule has 8 heteroatoms. The molecule has 1 unspecified atom stereocenters. The first-order valence-electron chi connectivity index (χ1n) is 13.0. The van der Waals surface area contributed by atoms with Crippen LogP contribution in [0.1, 0.15) is 77.0 Å². The van der Waals surface area contributed by atoms with E-state index >= 15 is 0 Å². The third kappa shape index (κ3) is 10.5. The summed E-state index contributed by atoms with van der Waals surface area (Å²) in [5, 5.41) is 16.0. The molecule has 3 amide bonds. The maximum Gasteiger partial charge on any atom is 0.408 e. The molecule has 0 saturated carbocycles. The van der Waals surface area contributed by atoms with Crippen LogP contribution in [0.2, 0.25) is 0 Å². The second-order valence-corrected chi connectivity index (χ2v) is 10.0. The van der Waals surface area contributed by atoms with Crippen LogP contribution in [0.3, 0.4) is 0 Å². The molecule has 2 aromatic rings. The third-order valence-electron chi connectivity index (χ3n) is 5.71. The zero-order chi connectivity index (χ0) is 27.3. The molecule has 0 aliphatic heterocycles. The zero-order valence-electron chi connectivity index (χ0n) is 22.5. The van der Waals surface area contributed by atoms with Crippen LogP contribution in [0.4, 0.5) is 4.79 Å². The Bertz CT molecular complexity index is 1000. The van der Waals surface area contributed by atoms with Crippen molar-refractivity contribution in [3.05, 3.63) is 65.7 Å². The SMILES string of the molecule is CCCCCCCN(C(=O)CNC(=O)OC(C)(C)C)C(C(=O)NCc1ccccc1)c1ccccc1O. The van der Waals surface area contributed by atoms with Crippen molar-refractivity contribution in [1.82, 2.24) is 15.5 Å². The number of nitrogens with zero attached hydrogens (tertiary/aromatic N) is 1. The van der Waals surface area contributed by atoms with Gasteiger partial charge in [0.05, 0.1) is 0 Å². The molecular weight excluding hydrogens is 470 g/mol. The van der Waals surface area contributed by atoms with Gasteiger partial charge in [0.25, 0.3) is 0 Å². The Morgan fingerprint density at radius 1 is 0.919 bits per heavy atom. The number of aromatic hydroxyl groups is 1. The van der Waals surface area contributed by atoms with Crippen LogP contribution in [0.5, 0.6) is 5.75 Å². The van der Waals surface area contributed by atoms with Crippen molar-refractivity contribution >= 4 is 17.9 Å². The Morgan fingerprint density at radius 2 is 1.57 bits per heavy atom. The summed E-state index contributed by atoms with van der Waals surface area (Å²) in [5.41, 5.74) is 0.532. The summed E-state index contributed by atoms with van der Waals surface area (Å²) in [4.78, 5) is 40.6. The highest BCUT2D eigenvalue weighted by Crippen LogP contribution is 2.29. The van der Waals surface area contributed by atoms with E-state index < -0.39 is 29.6 Å². The van der Waals surface area contributed by atoms with Gasteiger partial charge in [0.2, 0.25) is 11.8 Å². The number of rotatable bonds is 13. The van der Waals surface area contributed by atoms with Crippen LogP contribution in [-0.4, -0.2) is 46.6 Å². The standard InChI is InChI=1S/C29H41N3O5/c1-5-6-7-8-14-19-32(25(34)21-31-28(36)37-29(2,3)4)26(23-17-12-13-18-24(23)33)27(35)30-20-22-15-10-9-11-16-22/h9-13,15-18,26,33H,5-8,14,19-21H2,1-4H3,(H,30,35)(H,31,36). The molecule has 0 saturated heterocycles. The summed E-state index contributed by atoms with van der Waals surface area (Å²) in [6.45, 7) is 7.59. The van der Waals surface area contributed by atoms with Crippen LogP contribution in [0.15, 0.2) is 54.6 Å². The Hall–Kier alpha value is -3.55. The number of carbonyl (C=O) groups excluding carboxylic acids is 3. The average molecular weight is 512 g/mol. The molecule has 0 aliphatic rings. The van der Waals surface area contributed by atoms with Crippen LogP contribution in [-0.2, 0) is 20.9 Å². The normalized spacial score (nSPS) is 11.9. The molecule has 202 valence electrons. The Kier molecular flexibility index (Phi) is 11.9. The molecule has 0 spiro atoms. The van der Waals surface area contributed by atoms with Crippen molar-refractivity contribution < 1.29 is 24.2 Å². The van der Waals surface area contributed by atoms with Gasteiger partial charge in [0.15, 0.2) is 0 Å². The summed E-state index contributed by atoms with van der Waals surface area (Å²) in [5.74, 6) is -0.930. The summed E-state index contributed by atoms with van der Waals surface area (Å²) in [6, 6.07) is 14.9. The molecule has 0 bridgehead atoms. The molecule has 3 N–H and O–H groups in total. The van der Waals surface area contributed by atoms with E-state index in [1.54, 1.807) is 39.0 Å². The predicted octanol–water partition coefficient (Wildman–Crippen LogP) is 5.07. The fourth-order valence-electron chi connectivity index (χ4n) is 3.90. The van der Waals surface area contributed by atoms with Gasteiger partial charge in [-0.25, -0.2) is 4.79 Å². The first-order chi connectivity index (χ1) is 17.6. The highest BCUT2D eigenvalue weighted by molar-refractivity contribution is 5.91. The fraction of sp³-hybridized carbons (Fsp3) is 0.483. The zero-order valence-corrected chi connectivity index (χ0v) is 22.5. The van der Waals surface area contributed by atoms with Gasteiger partial charge >= 0.3 is 6.09 Å². The van der Waals surface area contributed by atoms with E-state index in [0.717, 1.165) is 31.2 Å². The van der Waals surface area contributed by atoms with Crippen molar-refractivity contribution in [2.24, 2.45) is 0 Å². The number of unbranched alkanes of at least 4 members (excludes halogenated alkanes) is 4. The second kappa shape index (κ2) is 14.9. The lowest BCUT2D eigenvalue weighted by atomic mass is 10.0. The highest BCUT2D eigenvalue weighted by Gasteiger charge is 2.33. The maximum atomic E-state index is 13.5. The van der Waals surface area contributed by atoms with Crippen molar-refractivity contribution in [2.45, 2.75) is 78.0 Å². The Labute approximate surface area is 220 Å². The van der Waals surface area contributed by atoms with E-state index in [0.29, 0.717) is 18.5 Å². The van der Waals surface area contributed by atoms with Gasteiger partial charge in [0, 0.05) is 18.7 Å². The highest BCUT2D eigenvalue weighted by atomic mass is 16.6. The number of hydrogen-bond donors (Lipinski definition) is 3. The molecule has 0 heterocycles. The Balaban J connectivity index is 2.28. The minimum absolute atomic E-state index is 0.0776. The molecule has 8 nitrogen and oxygen atoms in total. The summed E-state index contributed by atoms with van der Waals surface area (Å²) >= 11 is 0. The number of phenols is 1. The largest absolute Gasteiger partial charge is 0.508 e. The number of ether oxygens (including phenoxy) is 1. The number of amides is 3. The van der Waals surface area contributed by atoms with Crippen LogP contribution in [0, 0.1) is 0 Å². The van der Waals surface area contributed by atoms with Crippen LogP contribution < -0.4 is 10.6 Å². The topological polar surface area (TPSA) is 108 Å². The molecule has 0 radical (unpaired) electrons. The smallest absolute Gasteiger partial charge is 0.408 e. The van der Waals surface area contributed by atoms with Gasteiger partial charge in [-0.05, 0) is 38.8 Å². The van der Waals surface area contributed by atoms with E-state index in [4.69, 9.17) is 4.74 Å². The molecule has 2 aromatic carbocycles. The lowest BCUT2D eigenvalue weighted by Crippen LogP contribution is -2.48. The summed E-state index contributed by atoms with van der Waals surface area (Å²) in [6.07, 6.45) is 4.08. The van der Waals surface area contributed by atoms with Gasteiger partial charge in [-0.2, -0.15) is 0 Å². The minimum Gasteiger partial charge on any atom is -0.508 e. The van der Waals surface area contributed by atoms with Crippen molar-refractivity contribution in [3.63, 3.8) is 0 Å². The number of para-hydroxylation sites is 1. The van der Waals surface area contributed by atoms with E-state index in [2.05, 4.69) is 17.6 Å². The monoisotopic (exact) mass is 511 g/mol.